The Labute approximate surface area is 168 Å². The second-order valence-corrected chi connectivity index (χ2v) is 7.76. The molecule has 146 valence electrons. The smallest absolute Gasteiger partial charge is 0.325 e. The topological polar surface area (TPSA) is 59.1 Å². The Morgan fingerprint density at radius 3 is 1.86 bits per heavy atom. The summed E-state index contributed by atoms with van der Waals surface area (Å²) < 4.78 is 11.4. The predicted molar refractivity (Wildman–Crippen MR) is 106 cm³/mol. The lowest BCUT2D eigenvalue weighted by Crippen LogP contribution is -2.42. The lowest BCUT2D eigenvalue weighted by molar-refractivity contribution is -0.118. The molecule has 6 nitrogen and oxygen atoms in total. The highest BCUT2D eigenvalue weighted by atomic mass is 32.2. The number of nitrogens with zero attached hydrogens (tertiary/aromatic N) is 2. The minimum atomic E-state index is -0.637. The van der Waals surface area contributed by atoms with Crippen LogP contribution in [0.5, 0.6) is 0 Å². The number of carbonyl (C=O) groups is 2. The van der Waals surface area contributed by atoms with Crippen LogP contribution in [0, 0.1) is 0 Å². The number of hydrogen-bond acceptors (Lipinski definition) is 5. The third-order valence-corrected chi connectivity index (χ3v) is 6.26. The van der Waals surface area contributed by atoms with E-state index in [2.05, 4.69) is 0 Å². The van der Waals surface area contributed by atoms with E-state index in [0.29, 0.717) is 5.75 Å². The standard InChI is InChI=1S/C21H22N2O4S/c1-26-18(14-9-5-3-6-10-14)22-16-13-28-20(24)17(16)23(21(22)25)19(27-2)15-11-7-4-8-12-15/h3-12,16-19H,13H2,1-2H3. The fourth-order valence-electron chi connectivity index (χ4n) is 4.00. The lowest BCUT2D eigenvalue weighted by Gasteiger charge is -2.32. The van der Waals surface area contributed by atoms with E-state index in [0.717, 1.165) is 11.1 Å². The highest BCUT2D eigenvalue weighted by Gasteiger charge is 2.57. The highest BCUT2D eigenvalue weighted by Crippen LogP contribution is 2.44. The lowest BCUT2D eigenvalue weighted by atomic mass is 10.1. The van der Waals surface area contributed by atoms with E-state index < -0.39 is 18.5 Å². The van der Waals surface area contributed by atoms with Crippen molar-refractivity contribution in [3.63, 3.8) is 0 Å². The Bertz CT molecular complexity index is 848. The highest BCUT2D eigenvalue weighted by molar-refractivity contribution is 8.14. The van der Waals surface area contributed by atoms with Gasteiger partial charge >= 0.3 is 6.03 Å². The molecule has 0 spiro atoms. The first kappa shape index (κ1) is 19.0. The summed E-state index contributed by atoms with van der Waals surface area (Å²) in [5, 5.41) is -0.0123. The molecule has 4 rings (SSSR count). The van der Waals surface area contributed by atoms with Crippen molar-refractivity contribution >= 4 is 22.9 Å². The molecule has 0 N–H and O–H groups in total. The van der Waals surface area contributed by atoms with Gasteiger partial charge in [-0.25, -0.2) is 4.79 Å². The van der Waals surface area contributed by atoms with Crippen molar-refractivity contribution in [2.75, 3.05) is 20.0 Å². The van der Waals surface area contributed by atoms with Gasteiger partial charge in [0, 0.05) is 31.1 Å². The number of fused-ring (bicyclic) bond motifs is 1. The zero-order chi connectivity index (χ0) is 19.7. The van der Waals surface area contributed by atoms with Crippen molar-refractivity contribution in [3.05, 3.63) is 71.8 Å². The monoisotopic (exact) mass is 398 g/mol. The second kappa shape index (κ2) is 7.95. The Kier molecular flexibility index (Phi) is 5.39. The van der Waals surface area contributed by atoms with Gasteiger partial charge in [-0.15, -0.1) is 0 Å². The molecule has 2 amide bonds. The number of amides is 2. The maximum absolute atomic E-state index is 13.5. The fourth-order valence-corrected chi connectivity index (χ4v) is 5.12. The molecular weight excluding hydrogens is 376 g/mol. The van der Waals surface area contributed by atoms with E-state index in [1.54, 1.807) is 24.0 Å². The van der Waals surface area contributed by atoms with Crippen LogP contribution in [0.4, 0.5) is 4.79 Å². The average Bonchev–Trinajstić information content (AvgIpc) is 3.24. The molecule has 0 aliphatic carbocycles. The summed E-state index contributed by atoms with van der Waals surface area (Å²) in [5.74, 6) is 0.545. The first-order chi connectivity index (χ1) is 13.7. The van der Waals surface area contributed by atoms with Gasteiger partial charge in [-0.2, -0.15) is 0 Å². The minimum absolute atomic E-state index is 0.0123. The van der Waals surface area contributed by atoms with Gasteiger partial charge in [-0.05, 0) is 0 Å². The number of hydrogen-bond donors (Lipinski definition) is 0. The number of carbonyl (C=O) groups excluding carboxylic acids is 2. The SMILES string of the molecule is COC(c1ccccc1)N1C(=O)N(C(OC)c2ccccc2)C2C(=O)SCC21. The van der Waals surface area contributed by atoms with Gasteiger partial charge in [-0.3, -0.25) is 14.6 Å². The van der Waals surface area contributed by atoms with Gasteiger partial charge in [0.1, 0.15) is 6.04 Å². The molecule has 28 heavy (non-hydrogen) atoms. The third kappa shape index (κ3) is 3.09. The first-order valence-electron chi connectivity index (χ1n) is 9.10. The molecule has 2 fully saturated rings. The van der Waals surface area contributed by atoms with Gasteiger partial charge in [0.15, 0.2) is 12.5 Å². The van der Waals surface area contributed by atoms with Crippen molar-refractivity contribution in [2.45, 2.75) is 24.5 Å². The summed E-state index contributed by atoms with van der Waals surface area (Å²) in [5.41, 5.74) is 1.70. The van der Waals surface area contributed by atoms with Crippen molar-refractivity contribution in [1.82, 2.24) is 9.80 Å². The molecule has 2 heterocycles. The van der Waals surface area contributed by atoms with E-state index in [9.17, 15) is 9.59 Å². The molecule has 4 unspecified atom stereocenters. The Morgan fingerprint density at radius 1 is 0.857 bits per heavy atom. The number of urea groups is 1. The van der Waals surface area contributed by atoms with Crippen LogP contribution < -0.4 is 0 Å². The Balaban J connectivity index is 1.74. The van der Waals surface area contributed by atoms with Gasteiger partial charge < -0.3 is 9.47 Å². The zero-order valence-electron chi connectivity index (χ0n) is 15.7. The third-order valence-electron chi connectivity index (χ3n) is 5.22. The Morgan fingerprint density at radius 2 is 1.36 bits per heavy atom. The molecule has 7 heteroatoms. The molecule has 2 saturated heterocycles. The first-order valence-corrected chi connectivity index (χ1v) is 10.1. The number of thioether (sulfide) groups is 1. The van der Waals surface area contributed by atoms with Crippen LogP contribution in [0.3, 0.4) is 0 Å². The van der Waals surface area contributed by atoms with Crippen molar-refractivity contribution in [2.24, 2.45) is 0 Å². The Hall–Kier alpha value is -2.35. The van der Waals surface area contributed by atoms with Crippen molar-refractivity contribution in [3.8, 4) is 0 Å². The van der Waals surface area contributed by atoms with E-state index in [4.69, 9.17) is 9.47 Å². The van der Waals surface area contributed by atoms with Crippen LogP contribution in [-0.2, 0) is 14.3 Å². The van der Waals surface area contributed by atoms with Crippen LogP contribution in [0.15, 0.2) is 60.7 Å². The molecule has 2 aromatic rings. The molecule has 0 radical (unpaired) electrons. The quantitative estimate of drug-likeness (QED) is 0.698. The second-order valence-electron chi connectivity index (χ2n) is 6.74. The van der Waals surface area contributed by atoms with Gasteiger partial charge in [-0.1, -0.05) is 72.4 Å². The van der Waals surface area contributed by atoms with Crippen molar-refractivity contribution < 1.29 is 19.1 Å². The van der Waals surface area contributed by atoms with Crippen molar-refractivity contribution in [1.29, 1.82) is 0 Å². The van der Waals surface area contributed by atoms with Gasteiger partial charge in [0.25, 0.3) is 0 Å². The molecular formula is C21H22N2O4S. The number of methoxy groups -OCH3 is 2. The molecule has 2 aliphatic heterocycles. The van der Waals surface area contributed by atoms with Crippen LogP contribution in [0.1, 0.15) is 23.6 Å². The summed E-state index contributed by atoms with van der Waals surface area (Å²) in [4.78, 5) is 29.5. The van der Waals surface area contributed by atoms with E-state index in [1.807, 2.05) is 60.7 Å². The van der Waals surface area contributed by atoms with E-state index >= 15 is 0 Å². The summed E-state index contributed by atoms with van der Waals surface area (Å²) in [7, 11) is 3.14. The minimum Gasteiger partial charge on any atom is -0.357 e. The summed E-state index contributed by atoms with van der Waals surface area (Å²) in [6, 6.07) is 18.0. The maximum atomic E-state index is 13.5. The molecule has 4 atom stereocenters. The number of rotatable bonds is 6. The summed E-state index contributed by atoms with van der Waals surface area (Å²) in [6.45, 7) is 0. The summed E-state index contributed by atoms with van der Waals surface area (Å²) in [6.07, 6.45) is -1.20. The maximum Gasteiger partial charge on any atom is 0.325 e. The number of ether oxygens (including phenoxy) is 2. The average molecular weight is 398 g/mol. The molecule has 2 aliphatic rings. The fraction of sp³-hybridized carbons (Fsp3) is 0.333. The normalized spacial score (nSPS) is 23.8. The van der Waals surface area contributed by atoms with Gasteiger partial charge in [0.05, 0.1) is 6.04 Å². The van der Waals surface area contributed by atoms with E-state index in [1.165, 1.54) is 11.8 Å². The number of benzene rings is 2. The predicted octanol–water partition coefficient (Wildman–Crippen LogP) is 3.43. The van der Waals surface area contributed by atoms with Crippen LogP contribution in [0.25, 0.3) is 0 Å². The zero-order valence-corrected chi connectivity index (χ0v) is 16.5. The van der Waals surface area contributed by atoms with Crippen LogP contribution in [-0.4, -0.2) is 53.0 Å². The van der Waals surface area contributed by atoms with Crippen LogP contribution in [0.2, 0.25) is 0 Å². The molecule has 0 saturated carbocycles. The van der Waals surface area contributed by atoms with E-state index in [-0.39, 0.29) is 17.2 Å². The summed E-state index contributed by atoms with van der Waals surface area (Å²) >= 11 is 1.26. The van der Waals surface area contributed by atoms with Crippen LogP contribution >= 0.6 is 11.8 Å². The molecule has 0 bridgehead atoms. The largest absolute Gasteiger partial charge is 0.357 e. The van der Waals surface area contributed by atoms with Gasteiger partial charge in [0.2, 0.25) is 5.12 Å². The molecule has 0 aromatic heterocycles. The molecule has 2 aromatic carbocycles.